The van der Waals surface area contributed by atoms with Gasteiger partial charge in [-0.1, -0.05) is 0 Å². The average molecular weight is 361 g/mol. The molecule has 1 aliphatic rings. The first kappa shape index (κ1) is 18.7. The largest absolute Gasteiger partial charge is 0.417 e. The van der Waals surface area contributed by atoms with E-state index < -0.39 is 27.3 Å². The molecule has 0 aromatic heterocycles. The SMILES string of the molecule is CNCC1CCCN(S(=O)(=O)c2ccc(C(F)(F)F)c(C#N)c2)C1. The van der Waals surface area contributed by atoms with Gasteiger partial charge in [-0.15, -0.1) is 0 Å². The lowest BCUT2D eigenvalue weighted by Gasteiger charge is -2.32. The summed E-state index contributed by atoms with van der Waals surface area (Å²) >= 11 is 0. The molecule has 5 nitrogen and oxygen atoms in total. The summed E-state index contributed by atoms with van der Waals surface area (Å²) in [4.78, 5) is -0.280. The lowest BCUT2D eigenvalue weighted by Crippen LogP contribution is -2.42. The number of hydrogen-bond acceptors (Lipinski definition) is 4. The number of nitrogens with one attached hydrogen (secondary N) is 1. The van der Waals surface area contributed by atoms with Gasteiger partial charge in [0.2, 0.25) is 10.0 Å². The molecule has 132 valence electrons. The van der Waals surface area contributed by atoms with Crippen molar-refractivity contribution < 1.29 is 21.6 Å². The quantitative estimate of drug-likeness (QED) is 0.892. The monoisotopic (exact) mass is 361 g/mol. The van der Waals surface area contributed by atoms with Crippen LogP contribution in [0.1, 0.15) is 24.0 Å². The van der Waals surface area contributed by atoms with Crippen molar-refractivity contribution in [2.24, 2.45) is 5.92 Å². The van der Waals surface area contributed by atoms with E-state index >= 15 is 0 Å². The standard InChI is InChI=1S/C15H18F3N3O2S/c1-20-9-11-3-2-6-21(10-11)24(22,23)13-4-5-14(15(16,17)18)12(7-13)8-19/h4-5,7,11,20H,2-3,6,9-10H2,1H3. The Morgan fingerprint density at radius 3 is 2.71 bits per heavy atom. The van der Waals surface area contributed by atoms with Gasteiger partial charge in [-0.05, 0) is 50.6 Å². The summed E-state index contributed by atoms with van der Waals surface area (Å²) in [6.07, 6.45) is -3.11. The molecule has 0 bridgehead atoms. The molecule has 1 saturated heterocycles. The van der Waals surface area contributed by atoms with Crippen LogP contribution in [0.4, 0.5) is 13.2 Å². The summed E-state index contributed by atoms with van der Waals surface area (Å²) in [5, 5.41) is 11.9. The van der Waals surface area contributed by atoms with Gasteiger partial charge in [-0.3, -0.25) is 0 Å². The van der Waals surface area contributed by atoms with Crippen LogP contribution in [0.25, 0.3) is 0 Å². The van der Waals surface area contributed by atoms with Crippen LogP contribution in [0.15, 0.2) is 23.1 Å². The molecular weight excluding hydrogens is 343 g/mol. The molecule has 1 aliphatic heterocycles. The fourth-order valence-electron chi connectivity index (χ4n) is 2.87. The lowest BCUT2D eigenvalue weighted by atomic mass is 10.00. The number of hydrogen-bond donors (Lipinski definition) is 1. The Morgan fingerprint density at radius 2 is 2.12 bits per heavy atom. The molecule has 1 unspecified atom stereocenters. The predicted octanol–water partition coefficient (Wildman–Crippen LogP) is 2.20. The van der Waals surface area contributed by atoms with Gasteiger partial charge in [0, 0.05) is 13.1 Å². The maximum absolute atomic E-state index is 12.8. The highest BCUT2D eigenvalue weighted by Crippen LogP contribution is 2.33. The third-order valence-electron chi connectivity index (χ3n) is 4.03. The predicted molar refractivity (Wildman–Crippen MR) is 81.6 cm³/mol. The summed E-state index contributed by atoms with van der Waals surface area (Å²) in [5.74, 6) is 0.156. The molecule has 1 atom stereocenters. The molecule has 0 radical (unpaired) electrons. The molecule has 24 heavy (non-hydrogen) atoms. The van der Waals surface area contributed by atoms with Crippen molar-refractivity contribution in [2.75, 3.05) is 26.7 Å². The topological polar surface area (TPSA) is 73.2 Å². The highest BCUT2D eigenvalue weighted by atomic mass is 32.2. The van der Waals surface area contributed by atoms with E-state index in [1.54, 1.807) is 7.05 Å². The van der Waals surface area contributed by atoms with Crippen molar-refractivity contribution >= 4 is 10.0 Å². The molecule has 2 rings (SSSR count). The van der Waals surface area contributed by atoms with E-state index in [9.17, 15) is 21.6 Å². The van der Waals surface area contributed by atoms with Crippen molar-refractivity contribution in [1.82, 2.24) is 9.62 Å². The van der Waals surface area contributed by atoms with Gasteiger partial charge in [0.05, 0.1) is 22.1 Å². The second-order valence-corrected chi connectivity index (χ2v) is 7.68. The molecule has 0 spiro atoms. The van der Waals surface area contributed by atoms with Crippen molar-refractivity contribution in [3.63, 3.8) is 0 Å². The number of rotatable bonds is 4. The van der Waals surface area contributed by atoms with E-state index in [1.165, 1.54) is 10.4 Å². The highest BCUT2D eigenvalue weighted by Gasteiger charge is 2.36. The minimum atomic E-state index is -4.70. The van der Waals surface area contributed by atoms with E-state index in [-0.39, 0.29) is 10.8 Å². The molecule has 0 saturated carbocycles. The molecule has 1 aromatic rings. The lowest BCUT2D eigenvalue weighted by molar-refractivity contribution is -0.137. The Kier molecular flexibility index (Phi) is 5.52. The Hall–Kier alpha value is -1.63. The second-order valence-electron chi connectivity index (χ2n) is 5.75. The zero-order valence-corrected chi connectivity index (χ0v) is 13.9. The Balaban J connectivity index is 2.35. The van der Waals surface area contributed by atoms with Crippen molar-refractivity contribution in [1.29, 1.82) is 5.26 Å². The second kappa shape index (κ2) is 7.09. The Labute approximate surface area is 139 Å². The maximum atomic E-state index is 12.8. The van der Waals surface area contributed by atoms with Crippen LogP contribution < -0.4 is 5.32 Å². The van der Waals surface area contributed by atoms with Gasteiger partial charge in [-0.25, -0.2) is 8.42 Å². The molecule has 9 heteroatoms. The Morgan fingerprint density at radius 1 is 1.42 bits per heavy atom. The van der Waals surface area contributed by atoms with Crippen LogP contribution in [0, 0.1) is 17.2 Å². The number of alkyl halides is 3. The van der Waals surface area contributed by atoms with E-state index in [2.05, 4.69) is 5.32 Å². The molecule has 1 N–H and O–H groups in total. The zero-order chi connectivity index (χ0) is 18.0. The molecule has 1 fully saturated rings. The smallest absolute Gasteiger partial charge is 0.319 e. The summed E-state index contributed by atoms with van der Waals surface area (Å²) in [5.41, 5.74) is -1.82. The minimum absolute atomic E-state index is 0.156. The molecule has 1 aromatic carbocycles. The van der Waals surface area contributed by atoms with E-state index in [0.29, 0.717) is 32.1 Å². The summed E-state index contributed by atoms with van der Waals surface area (Å²) < 4.78 is 65.2. The zero-order valence-electron chi connectivity index (χ0n) is 13.1. The number of nitrogens with zero attached hydrogens (tertiary/aromatic N) is 2. The molecular formula is C15H18F3N3O2S. The van der Waals surface area contributed by atoms with Crippen molar-refractivity contribution in [3.05, 3.63) is 29.3 Å². The first-order valence-electron chi connectivity index (χ1n) is 7.46. The summed E-state index contributed by atoms with van der Waals surface area (Å²) in [7, 11) is -2.14. The third kappa shape index (κ3) is 3.88. The molecule has 0 amide bonds. The number of sulfonamides is 1. The van der Waals surface area contributed by atoms with E-state index in [0.717, 1.165) is 18.6 Å². The normalized spacial score (nSPS) is 19.9. The summed E-state index contributed by atoms with van der Waals surface area (Å²) in [6, 6.07) is 3.81. The van der Waals surface area contributed by atoms with Crippen LogP contribution >= 0.6 is 0 Å². The molecule has 1 heterocycles. The summed E-state index contributed by atoms with van der Waals surface area (Å²) in [6.45, 7) is 1.31. The number of benzene rings is 1. The van der Waals surface area contributed by atoms with Gasteiger partial charge in [-0.2, -0.15) is 22.7 Å². The fraction of sp³-hybridized carbons (Fsp3) is 0.533. The van der Waals surface area contributed by atoms with Crippen LogP contribution in [-0.4, -0.2) is 39.4 Å². The minimum Gasteiger partial charge on any atom is -0.319 e. The number of piperidine rings is 1. The Bertz CT molecular complexity index is 739. The van der Waals surface area contributed by atoms with Gasteiger partial charge >= 0.3 is 6.18 Å². The van der Waals surface area contributed by atoms with Crippen LogP contribution in [-0.2, 0) is 16.2 Å². The van der Waals surface area contributed by atoms with Crippen LogP contribution in [0.5, 0.6) is 0 Å². The average Bonchev–Trinajstić information content (AvgIpc) is 2.54. The van der Waals surface area contributed by atoms with Gasteiger partial charge in [0.15, 0.2) is 0 Å². The van der Waals surface area contributed by atoms with Crippen molar-refractivity contribution in [3.8, 4) is 6.07 Å². The van der Waals surface area contributed by atoms with Crippen molar-refractivity contribution in [2.45, 2.75) is 23.9 Å². The number of nitriles is 1. The fourth-order valence-corrected chi connectivity index (χ4v) is 4.45. The van der Waals surface area contributed by atoms with Crippen LogP contribution in [0.2, 0.25) is 0 Å². The van der Waals surface area contributed by atoms with E-state index in [1.807, 2.05) is 0 Å². The third-order valence-corrected chi connectivity index (χ3v) is 5.89. The van der Waals surface area contributed by atoms with Gasteiger partial charge < -0.3 is 5.32 Å². The molecule has 0 aliphatic carbocycles. The highest BCUT2D eigenvalue weighted by molar-refractivity contribution is 7.89. The maximum Gasteiger partial charge on any atom is 0.417 e. The van der Waals surface area contributed by atoms with Gasteiger partial charge in [0.1, 0.15) is 0 Å². The number of halogens is 3. The first-order chi connectivity index (χ1) is 11.2. The first-order valence-corrected chi connectivity index (χ1v) is 8.90. The van der Waals surface area contributed by atoms with Gasteiger partial charge in [0.25, 0.3) is 0 Å². The van der Waals surface area contributed by atoms with E-state index in [4.69, 9.17) is 5.26 Å². The van der Waals surface area contributed by atoms with Crippen LogP contribution in [0.3, 0.4) is 0 Å².